The standard InChI is InChI=1S/C15H23ClN2.ClH/c1-11-7-13(16)8-12(2)15(11)10-18-6-4-5-14(9-18)17-3;/h7-8,14,17H,4-6,9-10H2,1-3H3;1H. The molecule has 1 aromatic carbocycles. The molecule has 0 aromatic heterocycles. The first-order valence-corrected chi connectivity index (χ1v) is 7.13. The third-order valence-corrected chi connectivity index (χ3v) is 4.17. The van der Waals surface area contributed by atoms with E-state index in [2.05, 4.69) is 43.2 Å². The van der Waals surface area contributed by atoms with E-state index in [-0.39, 0.29) is 12.4 Å². The average Bonchev–Trinajstić information content (AvgIpc) is 2.34. The van der Waals surface area contributed by atoms with E-state index in [0.717, 1.165) is 18.1 Å². The lowest BCUT2D eigenvalue weighted by molar-refractivity contribution is 0.187. The second kappa shape index (κ2) is 7.49. The van der Waals surface area contributed by atoms with E-state index in [1.165, 1.54) is 36.1 Å². The van der Waals surface area contributed by atoms with E-state index in [4.69, 9.17) is 11.6 Å². The molecule has 0 aliphatic carbocycles. The highest BCUT2D eigenvalue weighted by molar-refractivity contribution is 6.30. The molecule has 2 rings (SSSR count). The van der Waals surface area contributed by atoms with Crippen LogP contribution in [0.3, 0.4) is 0 Å². The van der Waals surface area contributed by atoms with Crippen LogP contribution in [0.15, 0.2) is 12.1 Å². The van der Waals surface area contributed by atoms with E-state index in [9.17, 15) is 0 Å². The summed E-state index contributed by atoms with van der Waals surface area (Å²) in [6.45, 7) is 7.73. The van der Waals surface area contributed by atoms with Crippen LogP contribution in [-0.2, 0) is 6.54 Å². The number of nitrogens with zero attached hydrogens (tertiary/aromatic N) is 1. The van der Waals surface area contributed by atoms with Gasteiger partial charge in [-0.2, -0.15) is 0 Å². The van der Waals surface area contributed by atoms with E-state index in [1.54, 1.807) is 0 Å². The zero-order valence-corrected chi connectivity index (χ0v) is 13.6. The Kier molecular flexibility index (Phi) is 6.61. The molecule has 1 saturated heterocycles. The van der Waals surface area contributed by atoms with E-state index >= 15 is 0 Å². The number of halogens is 2. The van der Waals surface area contributed by atoms with Crippen LogP contribution >= 0.6 is 24.0 Å². The largest absolute Gasteiger partial charge is 0.316 e. The van der Waals surface area contributed by atoms with Crippen molar-refractivity contribution in [3.8, 4) is 0 Å². The predicted octanol–water partition coefficient (Wildman–Crippen LogP) is 3.56. The number of hydrogen-bond donors (Lipinski definition) is 1. The molecule has 0 saturated carbocycles. The van der Waals surface area contributed by atoms with Crippen molar-refractivity contribution in [1.82, 2.24) is 10.2 Å². The molecule has 0 spiro atoms. The number of piperidine rings is 1. The topological polar surface area (TPSA) is 15.3 Å². The molecule has 1 aliphatic rings. The van der Waals surface area contributed by atoms with Gasteiger partial charge in [0, 0.05) is 24.2 Å². The molecular weight excluding hydrogens is 279 g/mol. The Hall–Kier alpha value is -0.280. The van der Waals surface area contributed by atoms with Crippen molar-refractivity contribution < 1.29 is 0 Å². The van der Waals surface area contributed by atoms with Crippen molar-refractivity contribution in [2.45, 2.75) is 39.3 Å². The van der Waals surface area contributed by atoms with E-state index in [0.29, 0.717) is 6.04 Å². The molecule has 0 bridgehead atoms. The SMILES string of the molecule is CNC1CCCN(Cc2c(C)cc(Cl)cc2C)C1.Cl. The Morgan fingerprint density at radius 1 is 1.32 bits per heavy atom. The highest BCUT2D eigenvalue weighted by Gasteiger charge is 2.19. The van der Waals surface area contributed by atoms with Gasteiger partial charge in [0.25, 0.3) is 0 Å². The van der Waals surface area contributed by atoms with Gasteiger partial charge in [-0.3, -0.25) is 4.90 Å². The summed E-state index contributed by atoms with van der Waals surface area (Å²) in [5, 5.41) is 4.24. The van der Waals surface area contributed by atoms with Crippen molar-refractivity contribution in [2.75, 3.05) is 20.1 Å². The van der Waals surface area contributed by atoms with Gasteiger partial charge >= 0.3 is 0 Å². The fourth-order valence-corrected chi connectivity index (χ4v) is 3.18. The Morgan fingerprint density at radius 2 is 1.95 bits per heavy atom. The van der Waals surface area contributed by atoms with Crippen LogP contribution in [0.5, 0.6) is 0 Å². The summed E-state index contributed by atoms with van der Waals surface area (Å²) >= 11 is 6.09. The lowest BCUT2D eigenvalue weighted by Crippen LogP contribution is -2.44. The zero-order valence-electron chi connectivity index (χ0n) is 12.0. The van der Waals surface area contributed by atoms with Gasteiger partial charge < -0.3 is 5.32 Å². The van der Waals surface area contributed by atoms with Crippen LogP contribution in [0.2, 0.25) is 5.02 Å². The number of hydrogen-bond acceptors (Lipinski definition) is 2. The summed E-state index contributed by atoms with van der Waals surface area (Å²) in [4.78, 5) is 2.55. The van der Waals surface area contributed by atoms with E-state index < -0.39 is 0 Å². The first kappa shape index (κ1) is 16.8. The molecule has 1 atom stereocenters. The third kappa shape index (κ3) is 4.35. The normalized spacial score (nSPS) is 20.1. The molecule has 2 nitrogen and oxygen atoms in total. The molecule has 0 amide bonds. The Balaban J connectivity index is 0.00000180. The zero-order chi connectivity index (χ0) is 13.1. The van der Waals surface area contributed by atoms with Gasteiger partial charge in [0.05, 0.1) is 0 Å². The fourth-order valence-electron chi connectivity index (χ4n) is 2.85. The maximum Gasteiger partial charge on any atom is 0.0411 e. The molecule has 19 heavy (non-hydrogen) atoms. The fraction of sp³-hybridized carbons (Fsp3) is 0.600. The molecule has 4 heteroatoms. The molecule has 108 valence electrons. The van der Waals surface area contributed by atoms with Crippen LogP contribution in [-0.4, -0.2) is 31.1 Å². The summed E-state index contributed by atoms with van der Waals surface area (Å²) in [6, 6.07) is 4.79. The number of rotatable bonds is 3. The second-order valence-corrected chi connectivity index (χ2v) is 5.82. The van der Waals surface area contributed by atoms with Gasteiger partial charge in [0.1, 0.15) is 0 Å². The van der Waals surface area contributed by atoms with Crippen molar-refractivity contribution in [2.24, 2.45) is 0 Å². The van der Waals surface area contributed by atoms with Crippen LogP contribution in [0, 0.1) is 13.8 Å². The summed E-state index contributed by atoms with van der Waals surface area (Å²) in [5.41, 5.74) is 4.06. The highest BCUT2D eigenvalue weighted by atomic mass is 35.5. The van der Waals surface area contributed by atoms with Crippen molar-refractivity contribution >= 4 is 24.0 Å². The lowest BCUT2D eigenvalue weighted by atomic mass is 10.00. The van der Waals surface area contributed by atoms with E-state index in [1.807, 2.05) is 0 Å². The van der Waals surface area contributed by atoms with Crippen molar-refractivity contribution in [3.05, 3.63) is 33.8 Å². The first-order chi connectivity index (χ1) is 8.60. The minimum atomic E-state index is 0. The van der Waals surface area contributed by atoms with Crippen molar-refractivity contribution in [3.63, 3.8) is 0 Å². The number of benzene rings is 1. The monoisotopic (exact) mass is 302 g/mol. The molecule has 1 heterocycles. The quantitative estimate of drug-likeness (QED) is 0.918. The first-order valence-electron chi connectivity index (χ1n) is 6.75. The average molecular weight is 303 g/mol. The van der Waals surface area contributed by atoms with Crippen LogP contribution in [0.4, 0.5) is 0 Å². The van der Waals surface area contributed by atoms with Crippen LogP contribution in [0.1, 0.15) is 29.5 Å². The molecule has 1 N–H and O–H groups in total. The van der Waals surface area contributed by atoms with Gasteiger partial charge in [-0.05, 0) is 69.1 Å². The maximum absolute atomic E-state index is 6.09. The number of likely N-dealkylation sites (tertiary alicyclic amines) is 1. The van der Waals surface area contributed by atoms with Gasteiger partial charge in [-0.25, -0.2) is 0 Å². The smallest absolute Gasteiger partial charge is 0.0411 e. The molecule has 0 radical (unpaired) electrons. The van der Waals surface area contributed by atoms with Gasteiger partial charge in [0.15, 0.2) is 0 Å². The number of likely N-dealkylation sites (N-methyl/N-ethyl adjacent to an activating group) is 1. The maximum atomic E-state index is 6.09. The molecular formula is C15H24Cl2N2. The van der Waals surface area contributed by atoms with Crippen LogP contribution < -0.4 is 5.32 Å². The predicted molar refractivity (Wildman–Crippen MR) is 85.5 cm³/mol. The lowest BCUT2D eigenvalue weighted by Gasteiger charge is -2.33. The van der Waals surface area contributed by atoms with Gasteiger partial charge in [-0.1, -0.05) is 11.6 Å². The summed E-state index contributed by atoms with van der Waals surface area (Å²) in [5.74, 6) is 0. The van der Waals surface area contributed by atoms with Gasteiger partial charge in [0.2, 0.25) is 0 Å². The minimum Gasteiger partial charge on any atom is -0.316 e. The molecule has 1 aromatic rings. The Bertz CT molecular complexity index is 398. The number of aryl methyl sites for hydroxylation is 2. The highest BCUT2D eigenvalue weighted by Crippen LogP contribution is 2.23. The summed E-state index contributed by atoms with van der Waals surface area (Å²) in [6.07, 6.45) is 2.59. The minimum absolute atomic E-state index is 0. The third-order valence-electron chi connectivity index (χ3n) is 3.96. The summed E-state index contributed by atoms with van der Waals surface area (Å²) < 4.78 is 0. The second-order valence-electron chi connectivity index (χ2n) is 5.38. The summed E-state index contributed by atoms with van der Waals surface area (Å²) in [7, 11) is 2.06. The molecule has 1 fully saturated rings. The van der Waals surface area contributed by atoms with Crippen LogP contribution in [0.25, 0.3) is 0 Å². The number of nitrogens with one attached hydrogen (secondary N) is 1. The van der Waals surface area contributed by atoms with Crippen molar-refractivity contribution in [1.29, 1.82) is 0 Å². The Labute approximate surface area is 127 Å². The Morgan fingerprint density at radius 3 is 2.53 bits per heavy atom. The van der Waals surface area contributed by atoms with Gasteiger partial charge in [-0.15, -0.1) is 12.4 Å². The molecule has 1 aliphatic heterocycles. The molecule has 1 unspecified atom stereocenters.